The average molecular weight is 643 g/mol. The van der Waals surface area contributed by atoms with Gasteiger partial charge in [0.05, 0.1) is 35.4 Å². The molecule has 0 radical (unpaired) electrons. The summed E-state index contributed by atoms with van der Waals surface area (Å²) in [6, 6.07) is 16.2. The molecular formula is C32H37F3N6O3S. The molecule has 1 aliphatic heterocycles. The van der Waals surface area contributed by atoms with Gasteiger partial charge in [-0.3, -0.25) is 5.73 Å². The van der Waals surface area contributed by atoms with Gasteiger partial charge in [0.1, 0.15) is 10.8 Å². The Kier molecular flexibility index (Phi) is 11.2. The summed E-state index contributed by atoms with van der Waals surface area (Å²) in [4.78, 5) is 15.9. The number of carbonyl (C=O) groups excluding carboxylic acids is 1. The minimum atomic E-state index is -5.07. The third-order valence-corrected chi connectivity index (χ3v) is 8.64. The van der Waals surface area contributed by atoms with Gasteiger partial charge in [0.2, 0.25) is 0 Å². The standard InChI is InChI=1S/C32H37F3N6O3S/c33-32(34,35)31(42)44-29(36)8-4-7-24-20-41(40-39-24)26-11-12-27(28(19-26)43-18-15-23-13-16-37-17-14-23)30-38-25(21-45-30)10-9-22-5-2-1-3-6-22/h1-3,5-6,11-12,19-21,23,29,37H,4,7-10,13-18,36H2. The van der Waals surface area contributed by atoms with E-state index >= 15 is 0 Å². The average Bonchev–Trinajstić information content (AvgIpc) is 3.71. The minimum Gasteiger partial charge on any atom is -0.493 e. The normalized spacial score (nSPS) is 14.8. The van der Waals surface area contributed by atoms with Crippen molar-refractivity contribution in [1.29, 1.82) is 0 Å². The fourth-order valence-electron chi connectivity index (χ4n) is 5.20. The predicted molar refractivity (Wildman–Crippen MR) is 165 cm³/mol. The summed E-state index contributed by atoms with van der Waals surface area (Å²) in [5.41, 5.74) is 10.2. The molecule has 3 N–H and O–H groups in total. The smallest absolute Gasteiger partial charge is 0.490 e. The molecule has 0 spiro atoms. The van der Waals surface area contributed by atoms with Gasteiger partial charge in [0.15, 0.2) is 6.23 Å². The highest BCUT2D eigenvalue weighted by Gasteiger charge is 2.41. The number of aryl methyl sites for hydroxylation is 3. The topological polar surface area (TPSA) is 117 Å². The van der Waals surface area contributed by atoms with Crippen LogP contribution in [-0.4, -0.2) is 58.0 Å². The Morgan fingerprint density at radius 3 is 2.67 bits per heavy atom. The molecule has 1 aliphatic rings. The molecule has 1 saturated heterocycles. The molecule has 1 unspecified atom stereocenters. The second-order valence-corrected chi connectivity index (χ2v) is 12.0. The first kappa shape index (κ1) is 32.6. The number of nitrogens with zero attached hydrogens (tertiary/aromatic N) is 4. The summed E-state index contributed by atoms with van der Waals surface area (Å²) in [5, 5.41) is 14.8. The number of hydrogen-bond acceptors (Lipinski definition) is 9. The summed E-state index contributed by atoms with van der Waals surface area (Å²) < 4.78 is 49.4. The Labute approximate surface area is 264 Å². The van der Waals surface area contributed by atoms with Crippen LogP contribution in [0.2, 0.25) is 0 Å². The lowest BCUT2D eigenvalue weighted by atomic mass is 9.95. The second-order valence-electron chi connectivity index (χ2n) is 11.1. The van der Waals surface area contributed by atoms with Crippen molar-refractivity contribution in [1.82, 2.24) is 25.3 Å². The van der Waals surface area contributed by atoms with E-state index < -0.39 is 18.4 Å². The molecule has 1 fully saturated rings. The largest absolute Gasteiger partial charge is 0.493 e. The molecule has 0 amide bonds. The van der Waals surface area contributed by atoms with Gasteiger partial charge in [-0.05, 0) is 88.1 Å². The van der Waals surface area contributed by atoms with Gasteiger partial charge in [-0.1, -0.05) is 35.5 Å². The van der Waals surface area contributed by atoms with E-state index in [1.807, 2.05) is 36.4 Å². The summed E-state index contributed by atoms with van der Waals surface area (Å²) >= 11 is 1.60. The quantitative estimate of drug-likeness (QED) is 0.134. The molecule has 2 aromatic heterocycles. The second kappa shape index (κ2) is 15.5. The van der Waals surface area contributed by atoms with Crippen LogP contribution in [0.1, 0.15) is 49.1 Å². The van der Waals surface area contributed by atoms with Gasteiger partial charge in [-0.15, -0.1) is 16.4 Å². The Morgan fingerprint density at radius 1 is 1.09 bits per heavy atom. The first-order chi connectivity index (χ1) is 21.7. The number of carbonyl (C=O) groups is 1. The minimum absolute atomic E-state index is 0.0551. The predicted octanol–water partition coefficient (Wildman–Crippen LogP) is 5.66. The zero-order chi connectivity index (χ0) is 31.6. The monoisotopic (exact) mass is 642 g/mol. The summed E-state index contributed by atoms with van der Waals surface area (Å²) in [6.45, 7) is 2.67. The van der Waals surface area contributed by atoms with Crippen LogP contribution in [-0.2, 0) is 28.8 Å². The Balaban J connectivity index is 1.25. The maximum Gasteiger partial charge on any atom is 0.490 e. The number of nitrogens with one attached hydrogen (secondary N) is 1. The van der Waals surface area contributed by atoms with Crippen molar-refractivity contribution in [3.8, 4) is 22.0 Å². The summed E-state index contributed by atoms with van der Waals surface area (Å²) in [6.07, 6.45) is 1.18. The van der Waals surface area contributed by atoms with Gasteiger partial charge in [-0.2, -0.15) is 13.2 Å². The fraction of sp³-hybridized carbons (Fsp3) is 0.438. The van der Waals surface area contributed by atoms with E-state index in [2.05, 4.69) is 37.9 Å². The maximum absolute atomic E-state index is 12.4. The number of nitrogens with two attached hydrogens (primary N) is 1. The van der Waals surface area contributed by atoms with E-state index in [1.54, 1.807) is 22.2 Å². The molecule has 0 bridgehead atoms. The van der Waals surface area contributed by atoms with Crippen molar-refractivity contribution in [3.63, 3.8) is 0 Å². The third kappa shape index (κ3) is 9.59. The van der Waals surface area contributed by atoms with Crippen molar-refractivity contribution < 1.29 is 27.4 Å². The molecule has 4 aromatic rings. The lowest BCUT2D eigenvalue weighted by molar-refractivity contribution is -0.204. The number of hydrogen-bond donors (Lipinski definition) is 2. The number of alkyl halides is 3. The number of benzene rings is 2. The SMILES string of the molecule is NC(CCCc1cn(-c2ccc(-c3nc(CCc4ccccc4)cs3)c(OCCC3CCNCC3)c2)nn1)OC(=O)C(F)(F)F. The lowest BCUT2D eigenvalue weighted by Gasteiger charge is -2.22. The van der Waals surface area contributed by atoms with Gasteiger partial charge in [0.25, 0.3) is 0 Å². The van der Waals surface area contributed by atoms with Gasteiger partial charge >= 0.3 is 12.1 Å². The number of thiazole rings is 1. The van der Waals surface area contributed by atoms with Gasteiger partial charge in [0, 0.05) is 11.4 Å². The van der Waals surface area contributed by atoms with Crippen molar-refractivity contribution in [2.75, 3.05) is 19.7 Å². The number of rotatable bonds is 14. The zero-order valence-electron chi connectivity index (χ0n) is 24.8. The molecule has 5 rings (SSSR count). The van der Waals surface area contributed by atoms with Crippen molar-refractivity contribution >= 4 is 17.3 Å². The molecule has 13 heteroatoms. The molecule has 45 heavy (non-hydrogen) atoms. The first-order valence-corrected chi connectivity index (χ1v) is 16.0. The van der Waals surface area contributed by atoms with Crippen LogP contribution in [0.5, 0.6) is 5.75 Å². The van der Waals surface area contributed by atoms with E-state index in [1.165, 1.54) is 5.56 Å². The highest BCUT2D eigenvalue weighted by Crippen LogP contribution is 2.35. The molecule has 9 nitrogen and oxygen atoms in total. The van der Waals surface area contributed by atoms with E-state index in [-0.39, 0.29) is 6.42 Å². The van der Waals surface area contributed by atoms with Crippen LogP contribution in [0.4, 0.5) is 13.2 Å². The summed E-state index contributed by atoms with van der Waals surface area (Å²) in [7, 11) is 0. The van der Waals surface area contributed by atoms with Crippen LogP contribution in [0.25, 0.3) is 16.3 Å². The van der Waals surface area contributed by atoms with E-state index in [0.29, 0.717) is 31.1 Å². The first-order valence-electron chi connectivity index (χ1n) is 15.2. The Morgan fingerprint density at radius 2 is 1.89 bits per heavy atom. The number of aromatic nitrogens is 4. The molecule has 0 aliphatic carbocycles. The maximum atomic E-state index is 12.4. The van der Waals surface area contributed by atoms with E-state index in [4.69, 9.17) is 15.5 Å². The molecule has 2 aromatic carbocycles. The number of piperidine rings is 1. The van der Waals surface area contributed by atoms with Crippen molar-refractivity contribution in [3.05, 3.63) is 77.1 Å². The zero-order valence-corrected chi connectivity index (χ0v) is 25.7. The van der Waals surface area contributed by atoms with Crippen LogP contribution in [0.3, 0.4) is 0 Å². The third-order valence-electron chi connectivity index (χ3n) is 7.72. The van der Waals surface area contributed by atoms with Crippen molar-refractivity contribution in [2.45, 2.75) is 63.8 Å². The molecule has 1 atom stereocenters. The molecular weight excluding hydrogens is 605 g/mol. The molecule has 0 saturated carbocycles. The number of ether oxygens (including phenoxy) is 2. The molecule has 240 valence electrons. The highest BCUT2D eigenvalue weighted by molar-refractivity contribution is 7.13. The lowest BCUT2D eigenvalue weighted by Crippen LogP contribution is -2.34. The summed E-state index contributed by atoms with van der Waals surface area (Å²) in [5.74, 6) is -0.940. The van der Waals surface area contributed by atoms with Gasteiger partial charge in [-0.25, -0.2) is 14.5 Å². The van der Waals surface area contributed by atoms with Crippen LogP contribution < -0.4 is 15.8 Å². The Hall–Kier alpha value is -3.81. The Bertz CT molecular complexity index is 1520. The van der Waals surface area contributed by atoms with Gasteiger partial charge < -0.3 is 14.8 Å². The van der Waals surface area contributed by atoms with Crippen LogP contribution >= 0.6 is 11.3 Å². The van der Waals surface area contributed by atoms with E-state index in [0.717, 1.165) is 72.9 Å². The highest BCUT2D eigenvalue weighted by atomic mass is 32.1. The van der Waals surface area contributed by atoms with E-state index in [9.17, 15) is 18.0 Å². The fourth-order valence-corrected chi connectivity index (χ4v) is 6.09. The number of esters is 1. The van der Waals surface area contributed by atoms with Crippen LogP contribution in [0, 0.1) is 5.92 Å². The van der Waals surface area contributed by atoms with Crippen LogP contribution in [0.15, 0.2) is 60.1 Å². The van der Waals surface area contributed by atoms with Crippen molar-refractivity contribution in [2.24, 2.45) is 11.7 Å². The molecule has 3 heterocycles. The number of halogens is 3.